The molecule has 0 spiro atoms. The van der Waals surface area contributed by atoms with Crippen LogP contribution in [0.5, 0.6) is 5.75 Å². The van der Waals surface area contributed by atoms with Gasteiger partial charge in [-0.2, -0.15) is 5.26 Å². The third-order valence-corrected chi connectivity index (χ3v) is 4.45. The van der Waals surface area contributed by atoms with Crippen LogP contribution in [0.15, 0.2) is 12.1 Å². The van der Waals surface area contributed by atoms with Crippen molar-refractivity contribution in [2.45, 2.75) is 44.4 Å². The predicted molar refractivity (Wildman–Crippen MR) is 80.0 cm³/mol. The average molecular weight is 301 g/mol. The minimum absolute atomic E-state index is 0.0167. The first-order valence-corrected chi connectivity index (χ1v) is 7.35. The van der Waals surface area contributed by atoms with Gasteiger partial charge in [0, 0.05) is 24.6 Å². The number of anilines is 1. The summed E-state index contributed by atoms with van der Waals surface area (Å²) in [6.07, 6.45) is 0.385. The fourth-order valence-electron chi connectivity index (χ4n) is 3.22. The Hall–Kier alpha value is -2.26. The summed E-state index contributed by atoms with van der Waals surface area (Å²) in [6, 6.07) is 4.76. The first kappa shape index (κ1) is 14.7. The van der Waals surface area contributed by atoms with Crippen molar-refractivity contribution >= 4 is 11.6 Å². The Bertz CT molecular complexity index is 678. The van der Waals surface area contributed by atoms with E-state index in [1.54, 1.807) is 30.9 Å². The van der Waals surface area contributed by atoms with E-state index in [2.05, 4.69) is 0 Å². The number of aliphatic hydroxyl groups excluding tert-OH is 1. The first-order valence-electron chi connectivity index (χ1n) is 7.35. The van der Waals surface area contributed by atoms with E-state index in [4.69, 9.17) is 10.5 Å². The normalized spacial score (nSPS) is 26.3. The monoisotopic (exact) mass is 301 g/mol. The Morgan fingerprint density at radius 1 is 1.50 bits per heavy atom. The minimum atomic E-state index is -0.878. The largest absolute Gasteiger partial charge is 0.485 e. The van der Waals surface area contributed by atoms with Gasteiger partial charge < -0.3 is 20.5 Å². The number of rotatable bonds is 1. The molecular weight excluding hydrogens is 282 g/mol. The summed E-state index contributed by atoms with van der Waals surface area (Å²) >= 11 is 0. The molecule has 0 saturated carbocycles. The van der Waals surface area contributed by atoms with Gasteiger partial charge in [-0.15, -0.1) is 0 Å². The van der Waals surface area contributed by atoms with Crippen molar-refractivity contribution in [3.8, 4) is 11.8 Å². The lowest BCUT2D eigenvalue weighted by Gasteiger charge is -2.45. The number of nitriles is 1. The van der Waals surface area contributed by atoms with E-state index in [0.29, 0.717) is 35.5 Å². The lowest BCUT2D eigenvalue weighted by atomic mass is 9.85. The standard InChI is InChI=1S/C16H19N3O3/c1-16(2)15(21)14(19-5-3-4-13(19)20)10-6-9(8-17)11(18)7-12(10)22-16/h6-7,14-15,21H,3-5,18H2,1-2H3. The summed E-state index contributed by atoms with van der Waals surface area (Å²) < 4.78 is 5.86. The first-order chi connectivity index (χ1) is 10.3. The molecule has 3 rings (SSSR count). The van der Waals surface area contributed by atoms with Crippen molar-refractivity contribution in [2.75, 3.05) is 12.3 Å². The Labute approximate surface area is 129 Å². The number of nitrogens with two attached hydrogens (primary N) is 1. The number of aliphatic hydroxyl groups is 1. The highest BCUT2D eigenvalue weighted by Gasteiger charge is 2.47. The van der Waals surface area contributed by atoms with E-state index >= 15 is 0 Å². The van der Waals surface area contributed by atoms with Crippen molar-refractivity contribution < 1.29 is 14.6 Å². The van der Waals surface area contributed by atoms with Crippen molar-refractivity contribution in [1.82, 2.24) is 4.90 Å². The van der Waals surface area contributed by atoms with Gasteiger partial charge in [0.25, 0.3) is 0 Å². The summed E-state index contributed by atoms with van der Waals surface area (Å²) in [6.45, 7) is 4.16. The maximum atomic E-state index is 12.1. The van der Waals surface area contributed by atoms with Crippen LogP contribution in [0, 0.1) is 11.3 Å². The molecule has 3 N–H and O–H groups in total. The molecule has 1 fully saturated rings. The Morgan fingerprint density at radius 2 is 2.23 bits per heavy atom. The van der Waals surface area contributed by atoms with Crippen LogP contribution in [0.4, 0.5) is 5.69 Å². The fraction of sp³-hybridized carbons (Fsp3) is 0.500. The molecule has 1 aromatic carbocycles. The number of nitrogen functional groups attached to an aromatic ring is 1. The second-order valence-corrected chi connectivity index (χ2v) is 6.37. The molecule has 2 atom stereocenters. The number of hydrogen-bond donors (Lipinski definition) is 2. The van der Waals surface area contributed by atoms with E-state index in [9.17, 15) is 15.2 Å². The predicted octanol–water partition coefficient (Wildman–Crippen LogP) is 1.34. The zero-order valence-electron chi connectivity index (χ0n) is 12.7. The van der Waals surface area contributed by atoms with Gasteiger partial charge >= 0.3 is 0 Å². The number of carbonyl (C=O) groups is 1. The van der Waals surface area contributed by atoms with Crippen molar-refractivity contribution in [2.24, 2.45) is 0 Å². The number of fused-ring (bicyclic) bond motifs is 1. The van der Waals surface area contributed by atoms with E-state index in [-0.39, 0.29) is 5.91 Å². The van der Waals surface area contributed by atoms with Gasteiger partial charge in [0.2, 0.25) is 5.91 Å². The van der Waals surface area contributed by atoms with Crippen molar-refractivity contribution in [3.63, 3.8) is 0 Å². The summed E-state index contributed by atoms with van der Waals surface area (Å²) in [5, 5.41) is 19.9. The number of nitrogens with zero attached hydrogens (tertiary/aromatic N) is 2. The Balaban J connectivity index is 2.16. The minimum Gasteiger partial charge on any atom is -0.485 e. The molecule has 6 heteroatoms. The quantitative estimate of drug-likeness (QED) is 0.762. The summed E-state index contributed by atoms with van der Waals surface area (Å²) in [7, 11) is 0. The highest BCUT2D eigenvalue weighted by molar-refractivity contribution is 5.79. The molecule has 0 aliphatic carbocycles. The summed E-state index contributed by atoms with van der Waals surface area (Å²) in [5.74, 6) is 0.541. The average Bonchev–Trinajstić information content (AvgIpc) is 2.86. The Morgan fingerprint density at radius 3 is 2.82 bits per heavy atom. The molecule has 0 bridgehead atoms. The molecule has 6 nitrogen and oxygen atoms in total. The van der Waals surface area contributed by atoms with E-state index in [0.717, 1.165) is 6.42 Å². The van der Waals surface area contributed by atoms with Gasteiger partial charge in [0.15, 0.2) is 0 Å². The molecule has 22 heavy (non-hydrogen) atoms. The molecule has 2 unspecified atom stereocenters. The van der Waals surface area contributed by atoms with Crippen LogP contribution in [0.2, 0.25) is 0 Å². The number of benzene rings is 1. The topological polar surface area (TPSA) is 99.6 Å². The van der Waals surface area contributed by atoms with Crippen LogP contribution in [0.3, 0.4) is 0 Å². The highest BCUT2D eigenvalue weighted by atomic mass is 16.5. The van der Waals surface area contributed by atoms with Gasteiger partial charge in [-0.1, -0.05) is 0 Å². The van der Waals surface area contributed by atoms with E-state index in [1.807, 2.05) is 6.07 Å². The number of ether oxygens (including phenoxy) is 1. The van der Waals surface area contributed by atoms with Crippen LogP contribution in [0.25, 0.3) is 0 Å². The lowest BCUT2D eigenvalue weighted by Crippen LogP contribution is -2.53. The molecule has 0 aromatic heterocycles. The van der Waals surface area contributed by atoms with Gasteiger partial charge in [0.1, 0.15) is 23.5 Å². The molecular formula is C16H19N3O3. The maximum absolute atomic E-state index is 12.1. The number of amides is 1. The van der Waals surface area contributed by atoms with Crippen LogP contribution in [0.1, 0.15) is 43.9 Å². The van der Waals surface area contributed by atoms with Crippen LogP contribution in [-0.4, -0.2) is 34.2 Å². The van der Waals surface area contributed by atoms with E-state index < -0.39 is 17.7 Å². The molecule has 2 heterocycles. The van der Waals surface area contributed by atoms with Crippen LogP contribution in [-0.2, 0) is 4.79 Å². The summed E-state index contributed by atoms with van der Waals surface area (Å²) in [4.78, 5) is 13.8. The van der Waals surface area contributed by atoms with Gasteiger partial charge in [-0.25, -0.2) is 0 Å². The third kappa shape index (κ3) is 2.09. The van der Waals surface area contributed by atoms with Crippen LogP contribution < -0.4 is 10.5 Å². The lowest BCUT2D eigenvalue weighted by molar-refractivity contribution is -0.139. The number of hydrogen-bond acceptors (Lipinski definition) is 5. The highest BCUT2D eigenvalue weighted by Crippen LogP contribution is 2.45. The second-order valence-electron chi connectivity index (χ2n) is 6.37. The number of carbonyl (C=O) groups excluding carboxylic acids is 1. The third-order valence-electron chi connectivity index (χ3n) is 4.45. The fourth-order valence-corrected chi connectivity index (χ4v) is 3.22. The Kier molecular flexibility index (Phi) is 3.26. The van der Waals surface area contributed by atoms with Gasteiger partial charge in [-0.05, 0) is 26.3 Å². The van der Waals surface area contributed by atoms with Crippen molar-refractivity contribution in [1.29, 1.82) is 5.26 Å². The van der Waals surface area contributed by atoms with Gasteiger partial charge in [-0.3, -0.25) is 4.79 Å². The zero-order valence-corrected chi connectivity index (χ0v) is 12.7. The summed E-state index contributed by atoms with van der Waals surface area (Å²) in [5.41, 5.74) is 6.32. The molecule has 1 aromatic rings. The van der Waals surface area contributed by atoms with Gasteiger partial charge in [0.05, 0.1) is 17.3 Å². The second kappa shape index (κ2) is 4.89. The molecule has 116 valence electrons. The molecule has 1 amide bonds. The smallest absolute Gasteiger partial charge is 0.223 e. The zero-order chi connectivity index (χ0) is 16.1. The molecule has 1 saturated heterocycles. The van der Waals surface area contributed by atoms with Crippen LogP contribution >= 0.6 is 0 Å². The molecule has 2 aliphatic rings. The maximum Gasteiger partial charge on any atom is 0.223 e. The van der Waals surface area contributed by atoms with Crippen molar-refractivity contribution in [3.05, 3.63) is 23.3 Å². The molecule has 2 aliphatic heterocycles. The van der Waals surface area contributed by atoms with E-state index in [1.165, 1.54) is 0 Å². The number of likely N-dealkylation sites (tertiary alicyclic amines) is 1. The molecule has 0 radical (unpaired) electrons. The SMILES string of the molecule is CC1(C)Oc2cc(N)c(C#N)cc2C(N2CCCC2=O)C1O.